The van der Waals surface area contributed by atoms with Crippen LogP contribution in [-0.2, 0) is 6.54 Å². The zero-order valence-corrected chi connectivity index (χ0v) is 15.5. The van der Waals surface area contributed by atoms with E-state index in [0.717, 1.165) is 22.4 Å². The van der Waals surface area contributed by atoms with E-state index >= 15 is 0 Å². The average Bonchev–Trinajstić information content (AvgIpc) is 3.16. The molecule has 2 aromatic heterocycles. The van der Waals surface area contributed by atoms with Gasteiger partial charge in [0.2, 0.25) is 0 Å². The summed E-state index contributed by atoms with van der Waals surface area (Å²) in [6, 6.07) is 12.3. The van der Waals surface area contributed by atoms with E-state index in [0.29, 0.717) is 5.76 Å². The Kier molecular flexibility index (Phi) is 5.35. The Hall–Kier alpha value is -3.41. The highest BCUT2D eigenvalue weighted by atomic mass is 16.3. The van der Waals surface area contributed by atoms with E-state index < -0.39 is 0 Å². The normalized spacial score (nSPS) is 10.5. The van der Waals surface area contributed by atoms with Gasteiger partial charge >= 0.3 is 0 Å². The lowest BCUT2D eigenvalue weighted by Gasteiger charge is -2.13. The van der Waals surface area contributed by atoms with E-state index in [2.05, 4.69) is 15.6 Å². The van der Waals surface area contributed by atoms with Crippen LogP contribution in [0.5, 0.6) is 0 Å². The van der Waals surface area contributed by atoms with Crippen molar-refractivity contribution in [3.63, 3.8) is 0 Å². The third-order valence-electron chi connectivity index (χ3n) is 4.13. The maximum absolute atomic E-state index is 12.6. The largest absolute Gasteiger partial charge is 0.467 e. The molecule has 0 atom stereocenters. The molecule has 0 radical (unpaired) electrons. The molecule has 0 aliphatic carbocycles. The number of furan rings is 1. The molecule has 3 rings (SSSR count). The molecule has 0 saturated carbocycles. The van der Waals surface area contributed by atoms with Gasteiger partial charge in [0, 0.05) is 5.69 Å². The molecule has 0 bridgehead atoms. The lowest BCUT2D eigenvalue weighted by Crippen LogP contribution is -2.25. The smallest absolute Gasteiger partial charge is 0.274 e. The molecule has 0 spiro atoms. The summed E-state index contributed by atoms with van der Waals surface area (Å²) in [5.41, 5.74) is 4.21. The predicted molar refractivity (Wildman–Crippen MR) is 103 cm³/mol. The third kappa shape index (κ3) is 4.41. The Morgan fingerprint density at radius 1 is 0.963 bits per heavy atom. The highest BCUT2D eigenvalue weighted by Gasteiger charge is 2.14. The van der Waals surface area contributed by atoms with Crippen LogP contribution in [0.2, 0.25) is 0 Å². The molecule has 0 fully saturated rings. The number of rotatable bonds is 5. The van der Waals surface area contributed by atoms with Crippen LogP contribution < -0.4 is 10.6 Å². The molecule has 0 aliphatic heterocycles. The van der Waals surface area contributed by atoms with Crippen molar-refractivity contribution in [2.75, 3.05) is 5.32 Å². The molecule has 27 heavy (non-hydrogen) atoms. The van der Waals surface area contributed by atoms with Crippen molar-refractivity contribution in [3.8, 4) is 0 Å². The molecular formula is C21H21N3O3. The Morgan fingerprint density at radius 3 is 2.26 bits per heavy atom. The quantitative estimate of drug-likeness (QED) is 0.722. The summed E-state index contributed by atoms with van der Waals surface area (Å²) in [4.78, 5) is 29.1. The number of hydrogen-bond acceptors (Lipinski definition) is 4. The zero-order chi connectivity index (χ0) is 19.4. The number of hydrogen-bond donors (Lipinski definition) is 2. The van der Waals surface area contributed by atoms with Gasteiger partial charge in [-0.05, 0) is 56.2 Å². The first-order chi connectivity index (χ1) is 12.9. The summed E-state index contributed by atoms with van der Waals surface area (Å²) < 4.78 is 5.18. The molecule has 0 unspecified atom stereocenters. The van der Waals surface area contributed by atoms with Gasteiger partial charge in [0.25, 0.3) is 11.8 Å². The number of aromatic nitrogens is 1. The van der Waals surface area contributed by atoms with Crippen LogP contribution in [0, 0.1) is 20.8 Å². The first kappa shape index (κ1) is 18.4. The van der Waals surface area contributed by atoms with Gasteiger partial charge in [-0.25, -0.2) is 4.98 Å². The summed E-state index contributed by atoms with van der Waals surface area (Å²) in [6.07, 6.45) is 1.54. The second-order valence-corrected chi connectivity index (χ2v) is 6.40. The Labute approximate surface area is 157 Å². The standard InChI is InChI=1S/C21H21N3O3/c1-13-10-14(2)19(15(3)11-13)24-21(26)18-8-4-7-17(23-18)20(25)22-12-16-6-5-9-27-16/h4-11H,12H2,1-3H3,(H,22,25)(H,24,26). The topological polar surface area (TPSA) is 84.2 Å². The molecule has 0 aliphatic rings. The van der Waals surface area contributed by atoms with Gasteiger partial charge in [-0.3, -0.25) is 9.59 Å². The Bertz CT molecular complexity index is 955. The average molecular weight is 363 g/mol. The second-order valence-electron chi connectivity index (χ2n) is 6.40. The molecule has 138 valence electrons. The molecule has 2 N–H and O–H groups in total. The summed E-state index contributed by atoms with van der Waals surface area (Å²) in [6.45, 7) is 6.16. The van der Waals surface area contributed by atoms with Crippen molar-refractivity contribution in [2.24, 2.45) is 0 Å². The van der Waals surface area contributed by atoms with Crippen LogP contribution in [-0.4, -0.2) is 16.8 Å². The number of carbonyl (C=O) groups is 2. The van der Waals surface area contributed by atoms with Crippen LogP contribution in [0.25, 0.3) is 0 Å². The lowest BCUT2D eigenvalue weighted by atomic mass is 10.0. The van der Waals surface area contributed by atoms with Crippen molar-refractivity contribution >= 4 is 17.5 Å². The van der Waals surface area contributed by atoms with E-state index in [4.69, 9.17) is 4.42 Å². The minimum atomic E-state index is -0.372. The number of nitrogens with zero attached hydrogens (tertiary/aromatic N) is 1. The van der Waals surface area contributed by atoms with E-state index in [1.165, 1.54) is 0 Å². The minimum absolute atomic E-state index is 0.173. The summed E-state index contributed by atoms with van der Waals surface area (Å²) in [5.74, 6) is -0.0861. The van der Waals surface area contributed by atoms with Crippen molar-refractivity contribution in [2.45, 2.75) is 27.3 Å². The van der Waals surface area contributed by atoms with Gasteiger partial charge in [-0.1, -0.05) is 23.8 Å². The minimum Gasteiger partial charge on any atom is -0.467 e. The number of aryl methyl sites for hydroxylation is 3. The highest BCUT2D eigenvalue weighted by molar-refractivity contribution is 6.04. The van der Waals surface area contributed by atoms with Crippen molar-refractivity contribution in [1.82, 2.24) is 10.3 Å². The molecule has 3 aromatic rings. The Balaban J connectivity index is 1.73. The SMILES string of the molecule is Cc1cc(C)c(NC(=O)c2cccc(C(=O)NCc3ccco3)n2)c(C)c1. The first-order valence-corrected chi connectivity index (χ1v) is 8.61. The van der Waals surface area contributed by atoms with E-state index in [1.807, 2.05) is 32.9 Å². The molecule has 1 aromatic carbocycles. The van der Waals surface area contributed by atoms with Gasteiger partial charge in [-0.2, -0.15) is 0 Å². The number of carbonyl (C=O) groups excluding carboxylic acids is 2. The van der Waals surface area contributed by atoms with E-state index in [-0.39, 0.29) is 29.7 Å². The highest BCUT2D eigenvalue weighted by Crippen LogP contribution is 2.22. The molecule has 2 heterocycles. The van der Waals surface area contributed by atoms with Gasteiger partial charge < -0.3 is 15.1 Å². The predicted octanol–water partition coefficient (Wildman–Crippen LogP) is 3.78. The lowest BCUT2D eigenvalue weighted by molar-refractivity contribution is 0.0943. The van der Waals surface area contributed by atoms with Crippen molar-refractivity contribution in [1.29, 1.82) is 0 Å². The fourth-order valence-corrected chi connectivity index (χ4v) is 2.91. The summed E-state index contributed by atoms with van der Waals surface area (Å²) >= 11 is 0. The Morgan fingerprint density at radius 2 is 1.63 bits per heavy atom. The number of benzene rings is 1. The maximum Gasteiger partial charge on any atom is 0.274 e. The van der Waals surface area contributed by atoms with Crippen LogP contribution in [0.3, 0.4) is 0 Å². The number of pyridine rings is 1. The van der Waals surface area contributed by atoms with Crippen LogP contribution in [0.4, 0.5) is 5.69 Å². The number of nitrogens with one attached hydrogen (secondary N) is 2. The summed E-state index contributed by atoms with van der Waals surface area (Å²) in [5, 5.41) is 5.61. The van der Waals surface area contributed by atoms with Gasteiger partial charge in [0.1, 0.15) is 17.1 Å². The monoisotopic (exact) mass is 363 g/mol. The van der Waals surface area contributed by atoms with Gasteiger partial charge in [0.15, 0.2) is 0 Å². The molecule has 6 nitrogen and oxygen atoms in total. The third-order valence-corrected chi connectivity index (χ3v) is 4.13. The van der Waals surface area contributed by atoms with E-state index in [1.54, 1.807) is 36.6 Å². The molecule has 6 heteroatoms. The first-order valence-electron chi connectivity index (χ1n) is 8.61. The fourth-order valence-electron chi connectivity index (χ4n) is 2.91. The van der Waals surface area contributed by atoms with E-state index in [9.17, 15) is 9.59 Å². The molecule has 0 saturated heterocycles. The van der Waals surface area contributed by atoms with Crippen molar-refractivity contribution < 1.29 is 14.0 Å². The van der Waals surface area contributed by atoms with Crippen LogP contribution in [0.15, 0.2) is 53.1 Å². The fraction of sp³-hybridized carbons (Fsp3) is 0.190. The van der Waals surface area contributed by atoms with Gasteiger partial charge in [-0.15, -0.1) is 0 Å². The molecule has 2 amide bonds. The maximum atomic E-state index is 12.6. The molecular weight excluding hydrogens is 342 g/mol. The zero-order valence-electron chi connectivity index (χ0n) is 15.5. The van der Waals surface area contributed by atoms with Crippen molar-refractivity contribution in [3.05, 3.63) is 82.6 Å². The van der Waals surface area contributed by atoms with Crippen LogP contribution in [0.1, 0.15) is 43.4 Å². The van der Waals surface area contributed by atoms with Crippen LogP contribution >= 0.6 is 0 Å². The van der Waals surface area contributed by atoms with Gasteiger partial charge in [0.05, 0.1) is 12.8 Å². The second kappa shape index (κ2) is 7.86. The number of anilines is 1. The number of amides is 2. The summed E-state index contributed by atoms with van der Waals surface area (Å²) in [7, 11) is 0.